The quantitative estimate of drug-likeness (QED) is 0.177. The Labute approximate surface area is 218 Å². The zero-order valence-electron chi connectivity index (χ0n) is 19.0. The van der Waals surface area contributed by atoms with Gasteiger partial charge in [0.2, 0.25) is 0 Å². The van der Waals surface area contributed by atoms with Crippen LogP contribution in [0.1, 0.15) is 129 Å². The van der Waals surface area contributed by atoms with Crippen molar-refractivity contribution < 1.29 is 69.5 Å². The summed E-state index contributed by atoms with van der Waals surface area (Å²) < 4.78 is 32.5. The third-order valence-corrected chi connectivity index (χ3v) is 6.83. The first-order chi connectivity index (χ1) is 12.9. The number of aliphatic hydroxyl groups excluding tert-OH is 1. The molecule has 0 aromatic carbocycles. The second kappa shape index (κ2) is 21.7. The maximum absolute atomic E-state index is 10.8. The second-order valence-corrected chi connectivity index (χ2v) is 9.94. The SMILES string of the molecule is CCCCCCCCCCCCCCCCCCCC(O)C(C)S(=O)(=O)[O-].[K+]. The summed E-state index contributed by atoms with van der Waals surface area (Å²) in [7, 11) is -4.38. The molecular weight excluding hydrogens is 399 g/mol. The van der Waals surface area contributed by atoms with Crippen LogP contribution < -0.4 is 51.4 Å². The van der Waals surface area contributed by atoms with E-state index in [0.717, 1.165) is 19.3 Å². The molecule has 0 saturated carbocycles. The minimum Gasteiger partial charge on any atom is -0.748 e. The molecule has 2 atom stereocenters. The van der Waals surface area contributed by atoms with Gasteiger partial charge in [-0.2, -0.15) is 0 Å². The van der Waals surface area contributed by atoms with Gasteiger partial charge in [0, 0.05) is 0 Å². The van der Waals surface area contributed by atoms with Crippen molar-refractivity contribution in [2.45, 2.75) is 141 Å². The van der Waals surface area contributed by atoms with Gasteiger partial charge < -0.3 is 9.66 Å². The molecule has 0 spiro atoms. The maximum atomic E-state index is 10.8. The van der Waals surface area contributed by atoms with Crippen LogP contribution in [0.5, 0.6) is 0 Å². The minimum absolute atomic E-state index is 0. The molecule has 4 nitrogen and oxygen atoms in total. The third kappa shape index (κ3) is 20.8. The van der Waals surface area contributed by atoms with Crippen molar-refractivity contribution in [1.82, 2.24) is 0 Å². The van der Waals surface area contributed by atoms with Crippen molar-refractivity contribution in [2.24, 2.45) is 0 Å². The van der Waals surface area contributed by atoms with Gasteiger partial charge in [0.1, 0.15) is 0 Å². The van der Waals surface area contributed by atoms with Gasteiger partial charge in [-0.1, -0.05) is 116 Å². The molecule has 0 aliphatic rings. The fourth-order valence-corrected chi connectivity index (χ4v) is 4.03. The molecule has 0 bridgehead atoms. The zero-order chi connectivity index (χ0) is 20.4. The molecule has 6 heteroatoms. The molecule has 0 radical (unpaired) electrons. The third-order valence-electron chi connectivity index (χ3n) is 5.60. The zero-order valence-corrected chi connectivity index (χ0v) is 22.9. The van der Waals surface area contributed by atoms with Gasteiger partial charge >= 0.3 is 51.4 Å². The molecule has 0 fully saturated rings. The van der Waals surface area contributed by atoms with Crippen LogP contribution in [0, 0.1) is 0 Å². The van der Waals surface area contributed by atoms with Gasteiger partial charge in [0.05, 0.1) is 21.5 Å². The van der Waals surface area contributed by atoms with Crippen LogP contribution >= 0.6 is 0 Å². The average molecular weight is 445 g/mol. The summed E-state index contributed by atoms with van der Waals surface area (Å²) in [6, 6.07) is 0. The summed E-state index contributed by atoms with van der Waals surface area (Å²) in [5.41, 5.74) is 0. The molecule has 0 aromatic rings. The Bertz CT molecular complexity index is 415. The van der Waals surface area contributed by atoms with Crippen molar-refractivity contribution in [2.75, 3.05) is 0 Å². The van der Waals surface area contributed by atoms with Gasteiger partial charge in [-0.3, -0.25) is 0 Å². The Balaban J connectivity index is 0. The van der Waals surface area contributed by atoms with Gasteiger partial charge in [0.25, 0.3) is 0 Å². The Hall–Kier alpha value is 1.51. The predicted octanol–water partition coefficient (Wildman–Crippen LogP) is 3.33. The number of rotatable bonds is 20. The molecule has 2 unspecified atom stereocenters. The van der Waals surface area contributed by atoms with E-state index >= 15 is 0 Å². The van der Waals surface area contributed by atoms with Gasteiger partial charge in [0.15, 0.2) is 0 Å². The molecule has 0 aliphatic heterocycles. The molecule has 28 heavy (non-hydrogen) atoms. The van der Waals surface area contributed by atoms with Crippen LogP contribution in [0.15, 0.2) is 0 Å². The smallest absolute Gasteiger partial charge is 0.748 e. The first-order valence-corrected chi connectivity index (χ1v) is 13.0. The van der Waals surface area contributed by atoms with E-state index in [9.17, 15) is 18.1 Å². The molecule has 1 N–H and O–H groups in total. The van der Waals surface area contributed by atoms with Crippen LogP contribution in [0.3, 0.4) is 0 Å². The van der Waals surface area contributed by atoms with E-state index in [-0.39, 0.29) is 51.4 Å². The van der Waals surface area contributed by atoms with Crippen LogP contribution in [0.25, 0.3) is 0 Å². The van der Waals surface area contributed by atoms with Gasteiger partial charge in [-0.05, 0) is 13.3 Å². The fourth-order valence-electron chi connectivity index (χ4n) is 3.51. The summed E-state index contributed by atoms with van der Waals surface area (Å²) in [4.78, 5) is 0. The summed E-state index contributed by atoms with van der Waals surface area (Å²) >= 11 is 0. The molecule has 0 rings (SSSR count). The van der Waals surface area contributed by atoms with Crippen molar-refractivity contribution in [3.05, 3.63) is 0 Å². The van der Waals surface area contributed by atoms with Gasteiger partial charge in [-0.15, -0.1) is 0 Å². The molecule has 164 valence electrons. The van der Waals surface area contributed by atoms with E-state index in [4.69, 9.17) is 0 Å². The Kier molecular flexibility index (Phi) is 24.6. The van der Waals surface area contributed by atoms with Crippen LogP contribution in [0.4, 0.5) is 0 Å². The van der Waals surface area contributed by atoms with Crippen molar-refractivity contribution in [1.29, 1.82) is 0 Å². The number of aliphatic hydroxyl groups is 1. The van der Waals surface area contributed by atoms with Crippen molar-refractivity contribution in [3.8, 4) is 0 Å². The molecule has 0 amide bonds. The first-order valence-electron chi connectivity index (χ1n) is 11.5. The molecular formula is C22H45KO4S. The molecule has 0 aliphatic carbocycles. The Morgan fingerprint density at radius 2 is 0.964 bits per heavy atom. The number of hydrogen-bond acceptors (Lipinski definition) is 4. The van der Waals surface area contributed by atoms with E-state index < -0.39 is 21.5 Å². The van der Waals surface area contributed by atoms with E-state index in [1.807, 2.05) is 0 Å². The topological polar surface area (TPSA) is 77.4 Å². The summed E-state index contributed by atoms with van der Waals surface area (Å²) in [6.07, 6.45) is 21.4. The molecule has 0 aromatic heterocycles. The van der Waals surface area contributed by atoms with Crippen LogP contribution in [0.2, 0.25) is 0 Å². The standard InChI is InChI=1S/C22H46O4S.K/c1-3-4-5-6-7-8-9-10-11-12-13-14-15-16-17-18-19-20-22(23)21(2)27(24,25)26;/h21-23H,3-20H2,1-2H3,(H,24,25,26);/q;+1/p-1. The summed E-state index contributed by atoms with van der Waals surface area (Å²) in [5, 5.41) is 8.50. The van der Waals surface area contributed by atoms with E-state index in [2.05, 4.69) is 6.92 Å². The maximum Gasteiger partial charge on any atom is 1.00 e. The largest absolute Gasteiger partial charge is 1.00 e. The van der Waals surface area contributed by atoms with E-state index in [1.54, 1.807) is 0 Å². The van der Waals surface area contributed by atoms with Gasteiger partial charge in [-0.25, -0.2) is 8.42 Å². The predicted molar refractivity (Wildman–Crippen MR) is 114 cm³/mol. The summed E-state index contributed by atoms with van der Waals surface area (Å²) in [6.45, 7) is 3.56. The van der Waals surface area contributed by atoms with Crippen molar-refractivity contribution in [3.63, 3.8) is 0 Å². The second-order valence-electron chi connectivity index (χ2n) is 8.21. The number of unbranched alkanes of at least 4 members (excludes halogenated alkanes) is 16. The van der Waals surface area contributed by atoms with Crippen LogP contribution in [-0.4, -0.2) is 29.4 Å². The number of hydrogen-bond donors (Lipinski definition) is 1. The monoisotopic (exact) mass is 444 g/mol. The Morgan fingerprint density at radius 3 is 1.25 bits per heavy atom. The van der Waals surface area contributed by atoms with E-state index in [1.165, 1.54) is 96.8 Å². The fraction of sp³-hybridized carbons (Fsp3) is 1.00. The Morgan fingerprint density at radius 1 is 0.679 bits per heavy atom. The molecule has 0 heterocycles. The van der Waals surface area contributed by atoms with Crippen LogP contribution in [-0.2, 0) is 10.1 Å². The average Bonchev–Trinajstić information content (AvgIpc) is 2.62. The van der Waals surface area contributed by atoms with E-state index in [0.29, 0.717) is 6.42 Å². The minimum atomic E-state index is -4.38. The summed E-state index contributed by atoms with van der Waals surface area (Å²) in [5.74, 6) is 0. The molecule has 0 saturated heterocycles. The first kappa shape index (κ1) is 31.7. The normalized spacial score (nSPS) is 13.9. The van der Waals surface area contributed by atoms with Crippen molar-refractivity contribution >= 4 is 10.1 Å².